The first-order chi connectivity index (χ1) is 10.5. The van der Waals surface area contributed by atoms with E-state index >= 15 is 0 Å². The summed E-state index contributed by atoms with van der Waals surface area (Å²) in [5.74, 6) is 0.239. The van der Waals surface area contributed by atoms with Gasteiger partial charge in [0, 0.05) is 6.42 Å². The third kappa shape index (κ3) is 4.01. The Hall–Kier alpha value is -2.49. The zero-order chi connectivity index (χ0) is 16.1. The molecule has 0 radical (unpaired) electrons. The number of carbonyl (C=O) groups is 1. The van der Waals surface area contributed by atoms with Gasteiger partial charge in [-0.25, -0.2) is 4.79 Å². The monoisotopic (exact) mass is 300 g/mol. The molecule has 0 aromatic heterocycles. The summed E-state index contributed by atoms with van der Waals surface area (Å²) >= 11 is 0. The minimum Gasteiger partial charge on any atom is -0.496 e. The molecule has 2 rings (SSSR count). The molecule has 0 unspecified atom stereocenters. The number of ether oxygens (including phenoxy) is 2. The van der Waals surface area contributed by atoms with E-state index in [2.05, 4.69) is 0 Å². The maximum Gasteiger partial charge on any atom is 0.345 e. The first-order valence-corrected chi connectivity index (χ1v) is 7.09. The van der Waals surface area contributed by atoms with Crippen LogP contribution in [0.25, 0.3) is 0 Å². The lowest BCUT2D eigenvalue weighted by molar-refractivity contribution is -0.145. The Morgan fingerprint density at radius 2 is 1.77 bits per heavy atom. The van der Waals surface area contributed by atoms with Crippen LogP contribution in [0, 0.1) is 13.8 Å². The van der Waals surface area contributed by atoms with Crippen molar-refractivity contribution in [2.75, 3.05) is 7.11 Å². The molecule has 0 aliphatic heterocycles. The van der Waals surface area contributed by atoms with Gasteiger partial charge in [0.15, 0.2) is 6.10 Å². The van der Waals surface area contributed by atoms with Gasteiger partial charge in [-0.2, -0.15) is 0 Å². The molecule has 0 aliphatic rings. The molecule has 116 valence electrons. The Kier molecular flexibility index (Phi) is 5.04. The van der Waals surface area contributed by atoms with Crippen molar-refractivity contribution >= 4 is 5.97 Å². The van der Waals surface area contributed by atoms with E-state index in [0.717, 1.165) is 16.7 Å². The zero-order valence-corrected chi connectivity index (χ0v) is 13.0. The molecule has 0 amide bonds. The molecule has 1 atom stereocenters. The summed E-state index contributed by atoms with van der Waals surface area (Å²) in [6.45, 7) is 3.91. The van der Waals surface area contributed by atoms with Gasteiger partial charge in [0.25, 0.3) is 0 Å². The summed E-state index contributed by atoms with van der Waals surface area (Å²) in [7, 11) is 1.57. The lowest BCUT2D eigenvalue weighted by Crippen LogP contribution is -2.29. The van der Waals surface area contributed by atoms with Gasteiger partial charge in [-0.05, 0) is 48.7 Å². The molecule has 22 heavy (non-hydrogen) atoms. The number of carboxylic acid groups (broad SMARTS) is 1. The fraction of sp³-hybridized carbons (Fsp3) is 0.278. The Balaban J connectivity index is 2.21. The second-order valence-electron chi connectivity index (χ2n) is 5.28. The average Bonchev–Trinajstić information content (AvgIpc) is 2.46. The minimum atomic E-state index is -0.995. The average molecular weight is 300 g/mol. The van der Waals surface area contributed by atoms with E-state index < -0.39 is 12.1 Å². The summed E-state index contributed by atoms with van der Waals surface area (Å²) < 4.78 is 11.0. The van der Waals surface area contributed by atoms with E-state index in [1.54, 1.807) is 7.11 Å². The maximum absolute atomic E-state index is 11.5. The summed E-state index contributed by atoms with van der Waals surface area (Å²) in [5.41, 5.74) is 2.88. The van der Waals surface area contributed by atoms with E-state index in [4.69, 9.17) is 9.47 Å². The van der Waals surface area contributed by atoms with Gasteiger partial charge >= 0.3 is 5.97 Å². The highest BCUT2D eigenvalue weighted by atomic mass is 16.5. The Labute approximate surface area is 130 Å². The molecule has 0 aliphatic carbocycles. The van der Waals surface area contributed by atoms with Crippen molar-refractivity contribution in [3.63, 3.8) is 0 Å². The second-order valence-corrected chi connectivity index (χ2v) is 5.28. The number of carboxylic acids is 1. The fourth-order valence-corrected chi connectivity index (χ4v) is 2.42. The standard InChI is InChI=1S/C18H20O4/c1-12-8-13(2)10-15(9-12)22-17(18(19)20)11-14-6-4-5-7-16(14)21-3/h4-10,17H,11H2,1-3H3,(H,19,20)/t17-/m1/s1. The summed E-state index contributed by atoms with van der Waals surface area (Å²) in [6.07, 6.45) is -0.718. The van der Waals surface area contributed by atoms with Crippen molar-refractivity contribution in [2.45, 2.75) is 26.4 Å². The summed E-state index contributed by atoms with van der Waals surface area (Å²) in [6, 6.07) is 13.1. The van der Waals surface area contributed by atoms with Gasteiger partial charge in [-0.3, -0.25) is 0 Å². The molecule has 0 bridgehead atoms. The number of methoxy groups -OCH3 is 1. The van der Waals surface area contributed by atoms with Crippen LogP contribution in [0.15, 0.2) is 42.5 Å². The molecule has 4 nitrogen and oxygen atoms in total. The molecule has 0 saturated heterocycles. The van der Waals surface area contributed by atoms with Crippen molar-refractivity contribution in [3.8, 4) is 11.5 Å². The molecule has 0 spiro atoms. The molecule has 2 aromatic rings. The first kappa shape index (κ1) is 15.9. The maximum atomic E-state index is 11.5. The van der Waals surface area contributed by atoms with Crippen molar-refractivity contribution in [1.82, 2.24) is 0 Å². The summed E-state index contributed by atoms with van der Waals surface area (Å²) in [5, 5.41) is 9.43. The van der Waals surface area contributed by atoms with Crippen LogP contribution in [-0.2, 0) is 11.2 Å². The SMILES string of the molecule is COc1ccccc1C[C@@H](Oc1cc(C)cc(C)c1)C(=O)O. The normalized spacial score (nSPS) is 11.8. The summed E-state index contributed by atoms with van der Waals surface area (Å²) in [4.78, 5) is 11.5. The highest BCUT2D eigenvalue weighted by Gasteiger charge is 2.22. The largest absolute Gasteiger partial charge is 0.496 e. The third-order valence-electron chi connectivity index (χ3n) is 3.35. The smallest absolute Gasteiger partial charge is 0.345 e. The number of hydrogen-bond acceptors (Lipinski definition) is 3. The third-order valence-corrected chi connectivity index (χ3v) is 3.35. The van der Waals surface area contributed by atoms with Gasteiger partial charge in [0.2, 0.25) is 0 Å². The highest BCUT2D eigenvalue weighted by molar-refractivity contribution is 5.73. The van der Waals surface area contributed by atoms with Gasteiger partial charge in [0.1, 0.15) is 11.5 Å². The van der Waals surface area contributed by atoms with Gasteiger partial charge < -0.3 is 14.6 Å². The number of aryl methyl sites for hydroxylation is 2. The highest BCUT2D eigenvalue weighted by Crippen LogP contribution is 2.23. The van der Waals surface area contributed by atoms with Crippen LogP contribution in [0.5, 0.6) is 11.5 Å². The molecular weight excluding hydrogens is 280 g/mol. The van der Waals surface area contributed by atoms with Crippen LogP contribution >= 0.6 is 0 Å². The minimum absolute atomic E-state index is 0.242. The lowest BCUT2D eigenvalue weighted by atomic mass is 10.1. The Bertz CT molecular complexity index is 644. The van der Waals surface area contributed by atoms with Gasteiger partial charge in [0.05, 0.1) is 7.11 Å². The quantitative estimate of drug-likeness (QED) is 0.888. The second kappa shape index (κ2) is 6.98. The number of para-hydroxylation sites is 1. The van der Waals surface area contributed by atoms with Crippen molar-refractivity contribution in [1.29, 1.82) is 0 Å². The number of rotatable bonds is 6. The van der Waals surface area contributed by atoms with E-state index in [-0.39, 0.29) is 6.42 Å². The predicted molar refractivity (Wildman–Crippen MR) is 84.7 cm³/mol. The van der Waals surface area contributed by atoms with Crippen LogP contribution in [-0.4, -0.2) is 24.3 Å². The van der Waals surface area contributed by atoms with Gasteiger partial charge in [-0.15, -0.1) is 0 Å². The van der Waals surface area contributed by atoms with Crippen LogP contribution in [0.4, 0.5) is 0 Å². The van der Waals surface area contributed by atoms with E-state index in [1.165, 1.54) is 0 Å². The molecule has 1 N–H and O–H groups in total. The zero-order valence-electron chi connectivity index (χ0n) is 13.0. The predicted octanol–water partition coefficient (Wildman–Crippen LogP) is 3.39. The molecule has 0 saturated carbocycles. The Morgan fingerprint density at radius 3 is 2.36 bits per heavy atom. The number of hydrogen-bond donors (Lipinski definition) is 1. The van der Waals surface area contributed by atoms with E-state index in [9.17, 15) is 9.90 Å². The fourth-order valence-electron chi connectivity index (χ4n) is 2.42. The molecule has 2 aromatic carbocycles. The van der Waals surface area contributed by atoms with Crippen LogP contribution < -0.4 is 9.47 Å². The van der Waals surface area contributed by atoms with Crippen LogP contribution in [0.2, 0.25) is 0 Å². The van der Waals surface area contributed by atoms with E-state index in [1.807, 2.05) is 56.3 Å². The Morgan fingerprint density at radius 1 is 1.14 bits per heavy atom. The van der Waals surface area contributed by atoms with Crippen LogP contribution in [0.3, 0.4) is 0 Å². The number of benzene rings is 2. The first-order valence-electron chi connectivity index (χ1n) is 7.09. The van der Waals surface area contributed by atoms with E-state index in [0.29, 0.717) is 11.5 Å². The van der Waals surface area contributed by atoms with Crippen molar-refractivity contribution in [3.05, 3.63) is 59.2 Å². The van der Waals surface area contributed by atoms with Crippen molar-refractivity contribution in [2.24, 2.45) is 0 Å². The van der Waals surface area contributed by atoms with Gasteiger partial charge in [-0.1, -0.05) is 24.3 Å². The lowest BCUT2D eigenvalue weighted by Gasteiger charge is -2.17. The topological polar surface area (TPSA) is 55.8 Å². The molecular formula is C18H20O4. The number of aliphatic carboxylic acids is 1. The molecule has 4 heteroatoms. The molecule has 0 heterocycles. The molecule has 0 fully saturated rings. The van der Waals surface area contributed by atoms with Crippen LogP contribution in [0.1, 0.15) is 16.7 Å². The van der Waals surface area contributed by atoms with Crippen molar-refractivity contribution < 1.29 is 19.4 Å².